The second-order valence-electron chi connectivity index (χ2n) is 8.89. The van der Waals surface area contributed by atoms with Gasteiger partial charge in [0.05, 0.1) is 6.04 Å². The Balaban J connectivity index is 1.42. The molecule has 1 atom stereocenters. The van der Waals surface area contributed by atoms with Gasteiger partial charge >= 0.3 is 11.8 Å². The monoisotopic (exact) mass is 434 g/mol. The largest absolute Gasteiger partial charge is 0.374 e. The van der Waals surface area contributed by atoms with Gasteiger partial charge < -0.3 is 15.5 Å². The highest BCUT2D eigenvalue weighted by atomic mass is 16.2. The predicted octanol–water partition coefficient (Wildman–Crippen LogP) is 3.52. The lowest BCUT2D eigenvalue weighted by atomic mass is 9.96. The van der Waals surface area contributed by atoms with Gasteiger partial charge in [-0.2, -0.15) is 0 Å². The van der Waals surface area contributed by atoms with Gasteiger partial charge in [-0.05, 0) is 80.1 Å². The molecule has 1 saturated heterocycles. The highest BCUT2D eigenvalue weighted by Crippen LogP contribution is 2.31. The summed E-state index contributed by atoms with van der Waals surface area (Å²) in [4.78, 5) is 29.7. The van der Waals surface area contributed by atoms with Gasteiger partial charge in [0.15, 0.2) is 0 Å². The number of benzene rings is 2. The number of hydrogen-bond donors (Lipinski definition) is 2. The van der Waals surface area contributed by atoms with Crippen LogP contribution >= 0.6 is 0 Å². The van der Waals surface area contributed by atoms with Crippen LogP contribution in [0.5, 0.6) is 0 Å². The van der Waals surface area contributed by atoms with Gasteiger partial charge in [0, 0.05) is 31.5 Å². The molecule has 2 aliphatic rings. The van der Waals surface area contributed by atoms with E-state index >= 15 is 0 Å². The van der Waals surface area contributed by atoms with E-state index in [4.69, 9.17) is 0 Å². The Kier molecular flexibility index (Phi) is 7.10. The molecule has 0 bridgehead atoms. The summed E-state index contributed by atoms with van der Waals surface area (Å²) in [6.45, 7) is 5.64. The van der Waals surface area contributed by atoms with Gasteiger partial charge in [-0.1, -0.05) is 31.2 Å². The Bertz CT molecular complexity index is 951. The van der Waals surface area contributed by atoms with E-state index in [0.29, 0.717) is 12.2 Å². The summed E-state index contributed by atoms with van der Waals surface area (Å²) in [5, 5.41) is 5.59. The molecule has 2 amide bonds. The molecule has 0 aromatic heterocycles. The molecule has 0 unspecified atom stereocenters. The van der Waals surface area contributed by atoms with Gasteiger partial charge in [-0.15, -0.1) is 0 Å². The van der Waals surface area contributed by atoms with Gasteiger partial charge in [-0.3, -0.25) is 14.5 Å². The van der Waals surface area contributed by atoms with E-state index in [9.17, 15) is 9.59 Å². The van der Waals surface area contributed by atoms with Crippen LogP contribution in [0, 0.1) is 0 Å². The molecule has 1 fully saturated rings. The standard InChI is InChI=1S/C26H34N4O2/c1-3-19-8-11-22(12-9-19)28-26(32)25(31)27-18-24(30-15-4-5-16-30)21-10-13-23-20(17-21)7-6-14-29(23)2/h8-13,17,24H,3-7,14-16,18H2,1-2H3,(H,27,31)(H,28,32)/t24-/m0/s1. The number of hydrogen-bond acceptors (Lipinski definition) is 4. The maximum Gasteiger partial charge on any atom is 0.313 e. The number of likely N-dealkylation sites (tertiary alicyclic amines) is 1. The van der Waals surface area contributed by atoms with Crippen LogP contribution in [0.4, 0.5) is 11.4 Å². The molecule has 6 heteroatoms. The van der Waals surface area contributed by atoms with Crippen LogP contribution in [0.3, 0.4) is 0 Å². The first-order valence-corrected chi connectivity index (χ1v) is 11.8. The number of nitrogens with one attached hydrogen (secondary N) is 2. The van der Waals surface area contributed by atoms with E-state index in [0.717, 1.165) is 38.9 Å². The fourth-order valence-corrected chi connectivity index (χ4v) is 4.80. The van der Waals surface area contributed by atoms with Crippen molar-refractivity contribution in [2.45, 2.75) is 45.1 Å². The zero-order valence-electron chi connectivity index (χ0n) is 19.2. The van der Waals surface area contributed by atoms with Crippen LogP contribution in [0.15, 0.2) is 42.5 Å². The van der Waals surface area contributed by atoms with E-state index in [1.165, 1.54) is 35.2 Å². The smallest absolute Gasteiger partial charge is 0.313 e. The number of anilines is 2. The van der Waals surface area contributed by atoms with Crippen molar-refractivity contribution in [3.8, 4) is 0 Å². The van der Waals surface area contributed by atoms with Crippen molar-refractivity contribution in [2.24, 2.45) is 0 Å². The molecule has 4 rings (SSSR count). The summed E-state index contributed by atoms with van der Waals surface area (Å²) in [5.41, 5.74) is 5.73. The van der Waals surface area contributed by atoms with Crippen molar-refractivity contribution in [1.82, 2.24) is 10.2 Å². The van der Waals surface area contributed by atoms with Crippen LogP contribution in [-0.2, 0) is 22.4 Å². The average Bonchev–Trinajstić information content (AvgIpc) is 3.34. The van der Waals surface area contributed by atoms with Crippen molar-refractivity contribution in [3.05, 3.63) is 59.2 Å². The Hall–Kier alpha value is -2.86. The van der Waals surface area contributed by atoms with E-state index in [1.54, 1.807) is 0 Å². The summed E-state index contributed by atoms with van der Waals surface area (Å²) < 4.78 is 0. The first-order chi connectivity index (χ1) is 15.5. The van der Waals surface area contributed by atoms with Crippen molar-refractivity contribution in [2.75, 3.05) is 43.4 Å². The SMILES string of the molecule is CCc1ccc(NC(=O)C(=O)NC[C@@H](c2ccc3c(c2)CCCN3C)N2CCCC2)cc1. The van der Waals surface area contributed by atoms with E-state index in [-0.39, 0.29) is 6.04 Å². The maximum absolute atomic E-state index is 12.5. The van der Waals surface area contributed by atoms with Crippen LogP contribution in [-0.4, -0.2) is 49.9 Å². The van der Waals surface area contributed by atoms with E-state index in [2.05, 4.69) is 52.6 Å². The van der Waals surface area contributed by atoms with E-state index < -0.39 is 11.8 Å². The first kappa shape index (κ1) is 22.3. The molecule has 2 aliphatic heterocycles. The summed E-state index contributed by atoms with van der Waals surface area (Å²) >= 11 is 0. The quantitative estimate of drug-likeness (QED) is 0.683. The van der Waals surface area contributed by atoms with Crippen molar-refractivity contribution in [1.29, 1.82) is 0 Å². The number of aryl methyl sites for hydroxylation is 2. The molecule has 2 aromatic carbocycles. The number of amides is 2. The molecule has 170 valence electrons. The number of nitrogens with zero attached hydrogens (tertiary/aromatic N) is 2. The highest BCUT2D eigenvalue weighted by molar-refractivity contribution is 6.39. The predicted molar refractivity (Wildman–Crippen MR) is 129 cm³/mol. The lowest BCUT2D eigenvalue weighted by molar-refractivity contribution is -0.136. The second-order valence-corrected chi connectivity index (χ2v) is 8.89. The minimum Gasteiger partial charge on any atom is -0.374 e. The fraction of sp³-hybridized carbons (Fsp3) is 0.462. The molecule has 0 radical (unpaired) electrons. The molecule has 2 aromatic rings. The number of carbonyl (C=O) groups excluding carboxylic acids is 2. The molecule has 2 heterocycles. The zero-order valence-corrected chi connectivity index (χ0v) is 19.2. The van der Waals surface area contributed by atoms with Crippen LogP contribution in [0.2, 0.25) is 0 Å². The third kappa shape index (κ3) is 5.13. The Morgan fingerprint density at radius 1 is 0.969 bits per heavy atom. The Labute approximate surface area is 191 Å². The van der Waals surface area contributed by atoms with E-state index in [1.807, 2.05) is 24.3 Å². The van der Waals surface area contributed by atoms with Gasteiger partial charge in [-0.25, -0.2) is 0 Å². The molecule has 0 spiro atoms. The topological polar surface area (TPSA) is 64.7 Å². The van der Waals surface area contributed by atoms with Gasteiger partial charge in [0.1, 0.15) is 0 Å². The molecule has 0 aliphatic carbocycles. The fourth-order valence-electron chi connectivity index (χ4n) is 4.80. The number of fused-ring (bicyclic) bond motifs is 1. The van der Waals surface area contributed by atoms with Gasteiger partial charge in [0.2, 0.25) is 0 Å². The van der Waals surface area contributed by atoms with Crippen molar-refractivity contribution >= 4 is 23.2 Å². The van der Waals surface area contributed by atoms with Gasteiger partial charge in [0.25, 0.3) is 0 Å². The molecular formula is C26H34N4O2. The normalized spacial score (nSPS) is 17.0. The molecular weight excluding hydrogens is 400 g/mol. The van der Waals surface area contributed by atoms with Crippen molar-refractivity contribution < 1.29 is 9.59 Å². The number of carbonyl (C=O) groups is 2. The summed E-state index contributed by atoms with van der Waals surface area (Å²) in [6, 6.07) is 14.4. The van der Waals surface area contributed by atoms with Crippen LogP contribution in [0.25, 0.3) is 0 Å². The molecule has 0 saturated carbocycles. The third-order valence-electron chi connectivity index (χ3n) is 6.70. The Morgan fingerprint density at radius 2 is 1.72 bits per heavy atom. The lowest BCUT2D eigenvalue weighted by Crippen LogP contribution is -2.41. The molecule has 32 heavy (non-hydrogen) atoms. The average molecular weight is 435 g/mol. The minimum absolute atomic E-state index is 0.0793. The second kappa shape index (κ2) is 10.2. The summed E-state index contributed by atoms with van der Waals surface area (Å²) in [7, 11) is 2.14. The number of rotatable bonds is 6. The van der Waals surface area contributed by atoms with Crippen LogP contribution in [0.1, 0.15) is 48.9 Å². The Morgan fingerprint density at radius 3 is 2.44 bits per heavy atom. The summed E-state index contributed by atoms with van der Waals surface area (Å²) in [6.07, 6.45) is 5.54. The van der Waals surface area contributed by atoms with Crippen LogP contribution < -0.4 is 15.5 Å². The maximum atomic E-state index is 12.5. The molecule has 2 N–H and O–H groups in total. The molecule has 6 nitrogen and oxygen atoms in total. The first-order valence-electron chi connectivity index (χ1n) is 11.8. The highest BCUT2D eigenvalue weighted by Gasteiger charge is 2.26. The summed E-state index contributed by atoms with van der Waals surface area (Å²) in [5.74, 6) is -1.21. The zero-order chi connectivity index (χ0) is 22.5. The third-order valence-corrected chi connectivity index (χ3v) is 6.70. The minimum atomic E-state index is -0.624. The lowest BCUT2D eigenvalue weighted by Gasteiger charge is -2.31. The van der Waals surface area contributed by atoms with Crippen molar-refractivity contribution in [3.63, 3.8) is 0 Å².